The molecule has 0 saturated heterocycles. The normalized spacial score (nSPS) is 16.6. The monoisotopic (exact) mass is 369 g/mol. The van der Waals surface area contributed by atoms with Crippen molar-refractivity contribution in [3.63, 3.8) is 0 Å². The van der Waals surface area contributed by atoms with E-state index in [1.54, 1.807) is 31.2 Å². The number of hydrogen-bond acceptors (Lipinski definition) is 5. The highest BCUT2D eigenvalue weighted by Crippen LogP contribution is 2.32. The Labute approximate surface area is 145 Å². The largest absolute Gasteiger partial charge is 0.492 e. The Morgan fingerprint density at radius 2 is 2.15 bits per heavy atom. The fraction of sp³-hybridized carbons (Fsp3) is 0.333. The molecule has 0 spiro atoms. The summed E-state index contributed by atoms with van der Waals surface area (Å²) in [5.74, 6) is -2.78. The molecule has 0 fully saturated rings. The molecule has 0 aliphatic carbocycles. The van der Waals surface area contributed by atoms with Crippen molar-refractivity contribution in [2.24, 2.45) is 0 Å². The van der Waals surface area contributed by atoms with Crippen LogP contribution < -0.4 is 15.4 Å². The van der Waals surface area contributed by atoms with Gasteiger partial charge < -0.3 is 10.1 Å². The van der Waals surface area contributed by atoms with E-state index < -0.39 is 35.8 Å². The summed E-state index contributed by atoms with van der Waals surface area (Å²) in [6.45, 7) is 2.13. The molecule has 11 heteroatoms. The molecule has 2 amide bonds. The standard InChI is InChI=1S/C15H14F3N5O3/c1-2-26-10-6-4-3-5-8(10)19-12(25)9-7-11(24)20-14-21-13(15(16,17)18)22-23(9)14/h3-6,9H,2,7H2,1H3,(H,19,25)(H,20,21,22,24)/t9-/m1/s1. The molecule has 138 valence electrons. The third-order valence-electron chi connectivity index (χ3n) is 3.56. The average molecular weight is 369 g/mol. The van der Waals surface area contributed by atoms with Crippen LogP contribution >= 0.6 is 0 Å². The summed E-state index contributed by atoms with van der Waals surface area (Å²) < 4.78 is 44.6. The zero-order chi connectivity index (χ0) is 18.9. The Kier molecular flexibility index (Phi) is 4.53. The molecule has 0 unspecified atom stereocenters. The predicted octanol–water partition coefficient (Wildman–Crippen LogP) is 2.22. The molecule has 1 aromatic carbocycles. The molecule has 1 atom stereocenters. The van der Waals surface area contributed by atoms with Gasteiger partial charge in [-0.2, -0.15) is 18.2 Å². The fourth-order valence-corrected chi connectivity index (χ4v) is 2.45. The first-order chi connectivity index (χ1) is 12.3. The minimum absolute atomic E-state index is 0.336. The average Bonchev–Trinajstić information content (AvgIpc) is 3.00. The van der Waals surface area contributed by atoms with E-state index in [2.05, 4.69) is 20.7 Å². The van der Waals surface area contributed by atoms with Gasteiger partial charge in [-0.25, -0.2) is 4.68 Å². The van der Waals surface area contributed by atoms with Gasteiger partial charge >= 0.3 is 6.18 Å². The Morgan fingerprint density at radius 3 is 2.85 bits per heavy atom. The lowest BCUT2D eigenvalue weighted by atomic mass is 10.1. The zero-order valence-corrected chi connectivity index (χ0v) is 13.5. The molecule has 0 bridgehead atoms. The number of nitrogens with one attached hydrogen (secondary N) is 2. The zero-order valence-electron chi connectivity index (χ0n) is 13.5. The SMILES string of the molecule is CCOc1ccccc1NC(=O)[C@H]1CC(=O)Nc2nc(C(F)(F)F)nn21. The van der Waals surface area contributed by atoms with Crippen molar-refractivity contribution < 1.29 is 27.5 Å². The van der Waals surface area contributed by atoms with Crippen LogP contribution in [0.4, 0.5) is 24.8 Å². The molecule has 8 nitrogen and oxygen atoms in total. The summed E-state index contributed by atoms with van der Waals surface area (Å²) in [4.78, 5) is 27.6. The van der Waals surface area contributed by atoms with E-state index in [0.717, 1.165) is 4.68 Å². The first kappa shape index (κ1) is 17.7. The maximum absolute atomic E-state index is 12.8. The number of amides is 2. The lowest BCUT2D eigenvalue weighted by molar-refractivity contribution is -0.145. The van der Waals surface area contributed by atoms with Crippen molar-refractivity contribution in [2.45, 2.75) is 25.6 Å². The van der Waals surface area contributed by atoms with Crippen LogP contribution in [0.15, 0.2) is 24.3 Å². The van der Waals surface area contributed by atoms with E-state index in [0.29, 0.717) is 18.0 Å². The molecule has 2 N–H and O–H groups in total. The number of carbonyl (C=O) groups is 2. The minimum atomic E-state index is -4.79. The molecular formula is C15H14F3N5O3. The van der Waals surface area contributed by atoms with Crippen LogP contribution in [0, 0.1) is 0 Å². The summed E-state index contributed by atoms with van der Waals surface area (Å²) in [5.41, 5.74) is 0.336. The quantitative estimate of drug-likeness (QED) is 0.861. The maximum atomic E-state index is 12.8. The van der Waals surface area contributed by atoms with E-state index in [9.17, 15) is 22.8 Å². The van der Waals surface area contributed by atoms with Crippen LogP contribution in [0.25, 0.3) is 0 Å². The van der Waals surface area contributed by atoms with Crippen LogP contribution in [0.3, 0.4) is 0 Å². The number of halogens is 3. The highest BCUT2D eigenvalue weighted by molar-refractivity contribution is 6.01. The summed E-state index contributed by atoms with van der Waals surface area (Å²) in [6.07, 6.45) is -5.16. The van der Waals surface area contributed by atoms with Gasteiger partial charge in [-0.3, -0.25) is 14.9 Å². The van der Waals surface area contributed by atoms with Gasteiger partial charge in [0, 0.05) is 0 Å². The summed E-state index contributed by atoms with van der Waals surface area (Å²) in [5, 5.41) is 8.07. The first-order valence-corrected chi connectivity index (χ1v) is 7.66. The molecule has 3 rings (SSSR count). The summed E-state index contributed by atoms with van der Waals surface area (Å²) >= 11 is 0. The van der Waals surface area contributed by atoms with E-state index in [1.807, 2.05) is 0 Å². The third kappa shape index (κ3) is 3.46. The fourth-order valence-electron chi connectivity index (χ4n) is 2.45. The first-order valence-electron chi connectivity index (χ1n) is 7.66. The Balaban J connectivity index is 1.89. The van der Waals surface area contributed by atoms with Gasteiger partial charge in [0.05, 0.1) is 18.7 Å². The van der Waals surface area contributed by atoms with Gasteiger partial charge in [-0.1, -0.05) is 12.1 Å². The highest BCUT2D eigenvalue weighted by Gasteiger charge is 2.41. The number of benzene rings is 1. The number of anilines is 2. The summed E-state index contributed by atoms with van der Waals surface area (Å²) in [6, 6.07) is 5.32. The van der Waals surface area contributed by atoms with Crippen LogP contribution in [-0.2, 0) is 15.8 Å². The molecule has 0 radical (unpaired) electrons. The van der Waals surface area contributed by atoms with E-state index >= 15 is 0 Å². The van der Waals surface area contributed by atoms with Crippen molar-refractivity contribution in [3.05, 3.63) is 30.1 Å². The van der Waals surface area contributed by atoms with Crippen molar-refractivity contribution in [3.8, 4) is 5.75 Å². The molecule has 2 aromatic rings. The second-order valence-electron chi connectivity index (χ2n) is 5.39. The maximum Gasteiger partial charge on any atom is 0.453 e. The van der Waals surface area contributed by atoms with Gasteiger partial charge in [-0.05, 0) is 19.1 Å². The second-order valence-corrected chi connectivity index (χ2v) is 5.39. The Bertz CT molecular complexity index is 849. The predicted molar refractivity (Wildman–Crippen MR) is 83.5 cm³/mol. The Hall–Kier alpha value is -3.11. The lowest BCUT2D eigenvalue weighted by Gasteiger charge is -2.23. The van der Waals surface area contributed by atoms with Crippen LogP contribution in [0.1, 0.15) is 25.2 Å². The molecule has 1 aliphatic heterocycles. The topological polar surface area (TPSA) is 98.1 Å². The summed E-state index contributed by atoms with van der Waals surface area (Å²) in [7, 11) is 0. The van der Waals surface area contributed by atoms with Crippen molar-refractivity contribution >= 4 is 23.5 Å². The van der Waals surface area contributed by atoms with E-state index in [-0.39, 0.29) is 6.42 Å². The van der Waals surface area contributed by atoms with Gasteiger partial charge in [0.15, 0.2) is 0 Å². The van der Waals surface area contributed by atoms with Crippen molar-refractivity contribution in [1.29, 1.82) is 0 Å². The number of fused-ring (bicyclic) bond motifs is 1. The molecule has 1 aromatic heterocycles. The van der Waals surface area contributed by atoms with E-state index in [1.165, 1.54) is 0 Å². The number of para-hydroxylation sites is 2. The highest BCUT2D eigenvalue weighted by atomic mass is 19.4. The molecule has 1 aliphatic rings. The molecule has 2 heterocycles. The Morgan fingerprint density at radius 1 is 1.42 bits per heavy atom. The van der Waals surface area contributed by atoms with Crippen molar-refractivity contribution in [2.75, 3.05) is 17.2 Å². The van der Waals surface area contributed by atoms with Gasteiger partial charge in [-0.15, -0.1) is 5.10 Å². The number of aromatic nitrogens is 3. The molecule has 26 heavy (non-hydrogen) atoms. The second kappa shape index (κ2) is 6.65. The van der Waals surface area contributed by atoms with Crippen LogP contribution in [0.2, 0.25) is 0 Å². The lowest BCUT2D eigenvalue weighted by Crippen LogP contribution is -2.36. The minimum Gasteiger partial charge on any atom is -0.492 e. The number of nitrogens with zero attached hydrogens (tertiary/aromatic N) is 3. The number of hydrogen-bond donors (Lipinski definition) is 2. The number of ether oxygens (including phenoxy) is 1. The molecular weight excluding hydrogens is 355 g/mol. The smallest absolute Gasteiger partial charge is 0.453 e. The number of carbonyl (C=O) groups excluding carboxylic acids is 2. The molecule has 0 saturated carbocycles. The van der Waals surface area contributed by atoms with Gasteiger partial charge in [0.25, 0.3) is 5.82 Å². The number of alkyl halides is 3. The van der Waals surface area contributed by atoms with Gasteiger partial charge in [0.1, 0.15) is 11.8 Å². The van der Waals surface area contributed by atoms with Crippen molar-refractivity contribution in [1.82, 2.24) is 14.8 Å². The third-order valence-corrected chi connectivity index (χ3v) is 3.56. The van der Waals surface area contributed by atoms with E-state index in [4.69, 9.17) is 4.74 Å². The van der Waals surface area contributed by atoms with Crippen LogP contribution in [0.5, 0.6) is 5.75 Å². The number of rotatable bonds is 4. The van der Waals surface area contributed by atoms with Crippen LogP contribution in [-0.4, -0.2) is 33.2 Å². The van der Waals surface area contributed by atoms with Gasteiger partial charge in [0.2, 0.25) is 17.8 Å².